The van der Waals surface area contributed by atoms with Crippen molar-refractivity contribution in [2.45, 2.75) is 11.3 Å². The van der Waals surface area contributed by atoms with Crippen LogP contribution in [0.15, 0.2) is 35.7 Å². The molecule has 0 spiro atoms. The number of fused-ring (bicyclic) bond motifs is 1. The van der Waals surface area contributed by atoms with E-state index in [2.05, 4.69) is 16.6 Å². The van der Waals surface area contributed by atoms with Crippen molar-refractivity contribution in [3.63, 3.8) is 0 Å². The summed E-state index contributed by atoms with van der Waals surface area (Å²) in [7, 11) is -3.40. The van der Waals surface area contributed by atoms with Gasteiger partial charge in [-0.3, -0.25) is 0 Å². The van der Waals surface area contributed by atoms with E-state index < -0.39 is 10.0 Å². The fourth-order valence-electron chi connectivity index (χ4n) is 1.94. The van der Waals surface area contributed by atoms with Crippen LogP contribution < -0.4 is 10.0 Å². The van der Waals surface area contributed by atoms with Gasteiger partial charge >= 0.3 is 0 Å². The minimum atomic E-state index is -3.40. The maximum absolute atomic E-state index is 12.1. The van der Waals surface area contributed by atoms with E-state index in [1.165, 1.54) is 5.56 Å². The largest absolute Gasteiger partial charge is 0.384 e. The molecule has 0 bridgehead atoms. The summed E-state index contributed by atoms with van der Waals surface area (Å²) >= 11 is 1.65. The monoisotopic (exact) mass is 298 g/mol. The molecule has 1 heterocycles. The van der Waals surface area contributed by atoms with E-state index in [1.54, 1.807) is 23.9 Å². The Morgan fingerprint density at radius 3 is 3.11 bits per heavy atom. The Morgan fingerprint density at radius 2 is 2.32 bits per heavy atom. The Hall–Kier alpha value is -0.980. The molecule has 1 aromatic carbocycles. The van der Waals surface area contributed by atoms with Gasteiger partial charge in [-0.2, -0.15) is 11.8 Å². The molecule has 0 atom stereocenters. The highest BCUT2D eigenvalue weighted by molar-refractivity contribution is 7.99. The lowest BCUT2D eigenvalue weighted by atomic mass is 10.2. The van der Waals surface area contributed by atoms with Crippen molar-refractivity contribution in [2.75, 3.05) is 29.9 Å². The second-order valence-corrected chi connectivity index (χ2v) is 7.17. The smallest absolute Gasteiger partial charge is 0.240 e. The Morgan fingerprint density at radius 1 is 1.47 bits per heavy atom. The average Bonchev–Trinajstić information content (AvgIpc) is 2.85. The van der Waals surface area contributed by atoms with Crippen LogP contribution in [-0.2, 0) is 16.4 Å². The predicted molar refractivity (Wildman–Crippen MR) is 81.3 cm³/mol. The van der Waals surface area contributed by atoms with E-state index in [0.717, 1.165) is 30.2 Å². The molecule has 0 amide bonds. The van der Waals surface area contributed by atoms with Gasteiger partial charge in [0.25, 0.3) is 0 Å². The Labute approximate surface area is 118 Å². The van der Waals surface area contributed by atoms with Crippen LogP contribution >= 0.6 is 11.8 Å². The van der Waals surface area contributed by atoms with Crippen LogP contribution in [-0.4, -0.2) is 33.0 Å². The molecule has 0 saturated carbocycles. The van der Waals surface area contributed by atoms with Crippen LogP contribution in [0, 0.1) is 0 Å². The lowest BCUT2D eigenvalue weighted by Gasteiger charge is -2.08. The highest BCUT2D eigenvalue weighted by atomic mass is 32.2. The number of hydrogen-bond acceptors (Lipinski definition) is 4. The molecule has 19 heavy (non-hydrogen) atoms. The molecule has 0 unspecified atom stereocenters. The number of anilines is 1. The van der Waals surface area contributed by atoms with Gasteiger partial charge in [0, 0.05) is 30.3 Å². The third-order valence-electron chi connectivity index (χ3n) is 2.88. The third-order valence-corrected chi connectivity index (χ3v) is 5.30. The van der Waals surface area contributed by atoms with Crippen molar-refractivity contribution >= 4 is 27.5 Å². The first-order valence-corrected chi connectivity index (χ1v) is 8.82. The number of benzene rings is 1. The molecule has 1 aliphatic heterocycles. The van der Waals surface area contributed by atoms with Gasteiger partial charge in [-0.25, -0.2) is 13.1 Å². The number of sulfonamides is 1. The van der Waals surface area contributed by atoms with Gasteiger partial charge < -0.3 is 5.32 Å². The van der Waals surface area contributed by atoms with Crippen LogP contribution in [0.1, 0.15) is 5.56 Å². The average molecular weight is 298 g/mol. The molecular weight excluding hydrogens is 280 g/mol. The fraction of sp³-hybridized carbons (Fsp3) is 0.385. The molecule has 1 aromatic rings. The number of thioether (sulfide) groups is 1. The summed E-state index contributed by atoms with van der Waals surface area (Å²) in [6.45, 7) is 4.94. The first-order valence-electron chi connectivity index (χ1n) is 6.18. The maximum atomic E-state index is 12.1. The van der Waals surface area contributed by atoms with Crippen molar-refractivity contribution in [3.8, 4) is 0 Å². The standard InChI is InChI=1S/C13H18N2O2S2/c1-2-8-18-9-7-15-19(16,17)12-4-3-11-5-6-14-13(11)10-12/h2-4,10,14-15H,1,5-9H2. The second kappa shape index (κ2) is 6.45. The SMILES string of the molecule is C=CCSCCNS(=O)(=O)c1ccc2c(c1)NCC2. The molecule has 1 aliphatic rings. The van der Waals surface area contributed by atoms with E-state index in [9.17, 15) is 8.42 Å². The molecule has 104 valence electrons. The molecule has 0 saturated heterocycles. The van der Waals surface area contributed by atoms with Gasteiger partial charge in [0.2, 0.25) is 10.0 Å². The zero-order valence-corrected chi connectivity index (χ0v) is 12.3. The molecule has 4 nitrogen and oxygen atoms in total. The van der Waals surface area contributed by atoms with Gasteiger partial charge in [-0.1, -0.05) is 12.1 Å². The van der Waals surface area contributed by atoms with Gasteiger partial charge in [0.15, 0.2) is 0 Å². The first kappa shape index (κ1) is 14.4. The number of rotatable bonds is 7. The minimum absolute atomic E-state index is 0.328. The predicted octanol–water partition coefficient (Wildman–Crippen LogP) is 1.85. The summed E-state index contributed by atoms with van der Waals surface area (Å²) in [6, 6.07) is 5.27. The molecule has 2 rings (SSSR count). The molecule has 0 aromatic heterocycles. The lowest BCUT2D eigenvalue weighted by molar-refractivity contribution is 0.584. The number of hydrogen-bond donors (Lipinski definition) is 2. The van der Waals surface area contributed by atoms with E-state index in [1.807, 2.05) is 12.1 Å². The molecule has 0 aliphatic carbocycles. The van der Waals surface area contributed by atoms with E-state index in [4.69, 9.17) is 0 Å². The van der Waals surface area contributed by atoms with E-state index >= 15 is 0 Å². The van der Waals surface area contributed by atoms with Crippen LogP contribution in [0.2, 0.25) is 0 Å². The zero-order valence-electron chi connectivity index (χ0n) is 10.7. The van der Waals surface area contributed by atoms with Crippen LogP contribution in [0.25, 0.3) is 0 Å². The molecule has 0 fully saturated rings. The van der Waals surface area contributed by atoms with Crippen molar-refractivity contribution < 1.29 is 8.42 Å². The highest BCUT2D eigenvalue weighted by Crippen LogP contribution is 2.25. The normalized spacial score (nSPS) is 13.9. The van der Waals surface area contributed by atoms with Gasteiger partial charge in [-0.05, 0) is 24.1 Å². The topological polar surface area (TPSA) is 58.2 Å². The van der Waals surface area contributed by atoms with Crippen LogP contribution in [0.3, 0.4) is 0 Å². The lowest BCUT2D eigenvalue weighted by Crippen LogP contribution is -2.26. The summed E-state index contributed by atoms with van der Waals surface area (Å²) in [5, 5.41) is 3.19. The minimum Gasteiger partial charge on any atom is -0.384 e. The van der Waals surface area contributed by atoms with Gasteiger partial charge in [0.05, 0.1) is 4.90 Å². The van der Waals surface area contributed by atoms with Crippen molar-refractivity contribution in [1.82, 2.24) is 4.72 Å². The summed E-state index contributed by atoms with van der Waals surface area (Å²) in [6.07, 6.45) is 2.77. The Balaban J connectivity index is 1.97. The molecule has 6 heteroatoms. The maximum Gasteiger partial charge on any atom is 0.240 e. The first-order chi connectivity index (χ1) is 9.13. The molecule has 0 radical (unpaired) electrons. The Kier molecular flexibility index (Phi) is 4.90. The molecular formula is C13H18N2O2S2. The van der Waals surface area contributed by atoms with Crippen molar-refractivity contribution in [2.24, 2.45) is 0 Å². The summed E-state index contributed by atoms with van der Waals surface area (Å²) in [5.41, 5.74) is 2.12. The van der Waals surface area contributed by atoms with E-state index in [-0.39, 0.29) is 0 Å². The Bertz CT molecular complexity index is 556. The molecule has 2 N–H and O–H groups in total. The third kappa shape index (κ3) is 3.75. The summed E-state index contributed by atoms with van der Waals surface area (Å²) < 4.78 is 26.8. The highest BCUT2D eigenvalue weighted by Gasteiger charge is 2.17. The van der Waals surface area contributed by atoms with Crippen LogP contribution in [0.5, 0.6) is 0 Å². The van der Waals surface area contributed by atoms with E-state index in [0.29, 0.717) is 11.4 Å². The second-order valence-electron chi connectivity index (χ2n) is 4.26. The number of nitrogens with one attached hydrogen (secondary N) is 2. The summed E-state index contributed by atoms with van der Waals surface area (Å²) in [4.78, 5) is 0.328. The summed E-state index contributed by atoms with van der Waals surface area (Å²) in [5.74, 6) is 1.58. The van der Waals surface area contributed by atoms with Gasteiger partial charge in [-0.15, -0.1) is 6.58 Å². The van der Waals surface area contributed by atoms with Crippen LogP contribution in [0.4, 0.5) is 5.69 Å². The van der Waals surface area contributed by atoms with Gasteiger partial charge in [0.1, 0.15) is 0 Å². The zero-order chi connectivity index (χ0) is 13.7. The van der Waals surface area contributed by atoms with Crippen molar-refractivity contribution in [1.29, 1.82) is 0 Å². The quantitative estimate of drug-likeness (QED) is 0.596. The van der Waals surface area contributed by atoms with Crippen molar-refractivity contribution in [3.05, 3.63) is 36.4 Å². The fourth-order valence-corrected chi connectivity index (χ4v) is 3.70.